The molecule has 8 nitrogen and oxygen atoms in total. The molecular formula is C33H39N3O5. The molecule has 2 bridgehead atoms. The van der Waals surface area contributed by atoms with Gasteiger partial charge in [-0.05, 0) is 30.9 Å². The van der Waals surface area contributed by atoms with Gasteiger partial charge in [0.1, 0.15) is 11.6 Å². The van der Waals surface area contributed by atoms with Crippen molar-refractivity contribution >= 4 is 17.7 Å². The molecule has 5 atom stereocenters. The molecule has 3 fully saturated rings. The fourth-order valence-electron chi connectivity index (χ4n) is 7.18. The Morgan fingerprint density at radius 3 is 2.00 bits per heavy atom. The van der Waals surface area contributed by atoms with Gasteiger partial charge in [-0.2, -0.15) is 0 Å². The van der Waals surface area contributed by atoms with E-state index in [2.05, 4.69) is 13.2 Å². The summed E-state index contributed by atoms with van der Waals surface area (Å²) in [5.74, 6) is -2.33. The van der Waals surface area contributed by atoms with Crippen LogP contribution >= 0.6 is 0 Å². The van der Waals surface area contributed by atoms with Crippen LogP contribution in [0.1, 0.15) is 30.9 Å². The molecule has 8 heteroatoms. The zero-order valence-corrected chi connectivity index (χ0v) is 23.7. The molecule has 3 saturated heterocycles. The van der Waals surface area contributed by atoms with Gasteiger partial charge in [0.15, 0.2) is 0 Å². The van der Waals surface area contributed by atoms with Crippen molar-refractivity contribution < 1.29 is 24.2 Å². The lowest BCUT2D eigenvalue weighted by molar-refractivity contribution is -0.154. The first-order valence-corrected chi connectivity index (χ1v) is 14.3. The maximum atomic E-state index is 14.4. The van der Waals surface area contributed by atoms with Gasteiger partial charge < -0.3 is 24.5 Å². The first-order chi connectivity index (χ1) is 19.8. The van der Waals surface area contributed by atoms with E-state index in [9.17, 15) is 19.5 Å². The second-order valence-electron chi connectivity index (χ2n) is 11.5. The Balaban J connectivity index is 1.51. The highest BCUT2D eigenvalue weighted by molar-refractivity contribution is 5.99. The van der Waals surface area contributed by atoms with E-state index >= 15 is 0 Å². The summed E-state index contributed by atoms with van der Waals surface area (Å²) in [5.41, 5.74) is -0.117. The molecular weight excluding hydrogens is 518 g/mol. The van der Waals surface area contributed by atoms with Crippen molar-refractivity contribution in [2.24, 2.45) is 11.8 Å². The second kappa shape index (κ2) is 11.6. The number of rotatable bonds is 12. The number of ether oxygens (including phenoxy) is 1. The van der Waals surface area contributed by atoms with E-state index in [1.807, 2.05) is 67.6 Å². The van der Waals surface area contributed by atoms with E-state index in [-0.39, 0.29) is 37.4 Å². The zero-order valence-electron chi connectivity index (χ0n) is 23.7. The number of β-amino-alcohol motifs (C(OH)–C–C–N with tert-alkyl or cyclic N) is 1. The van der Waals surface area contributed by atoms with Crippen LogP contribution in [0.3, 0.4) is 0 Å². The number of hydrogen-bond acceptors (Lipinski definition) is 5. The number of carbonyl (C=O) groups excluding carboxylic acids is 3. The normalized spacial score (nSPS) is 27.9. The van der Waals surface area contributed by atoms with Gasteiger partial charge in [-0.1, -0.05) is 72.8 Å². The van der Waals surface area contributed by atoms with Crippen LogP contribution in [0.15, 0.2) is 86.0 Å². The first kappa shape index (κ1) is 28.8. The molecule has 3 amide bonds. The van der Waals surface area contributed by atoms with Crippen LogP contribution in [-0.4, -0.2) is 81.0 Å². The van der Waals surface area contributed by atoms with Crippen LogP contribution in [0.2, 0.25) is 0 Å². The lowest BCUT2D eigenvalue weighted by Crippen LogP contribution is -2.56. The number of amides is 3. The molecule has 41 heavy (non-hydrogen) atoms. The number of nitrogens with zero attached hydrogens (tertiary/aromatic N) is 3. The number of likely N-dealkylation sites (tertiary alicyclic amines) is 1. The van der Waals surface area contributed by atoms with E-state index in [1.165, 1.54) is 4.90 Å². The average molecular weight is 558 g/mol. The summed E-state index contributed by atoms with van der Waals surface area (Å²) in [6.07, 6.45) is 4.39. The van der Waals surface area contributed by atoms with Crippen molar-refractivity contribution in [3.63, 3.8) is 0 Å². The fourth-order valence-corrected chi connectivity index (χ4v) is 7.18. The Bertz CT molecular complexity index is 1300. The van der Waals surface area contributed by atoms with Gasteiger partial charge in [-0.15, -0.1) is 13.2 Å². The molecule has 2 unspecified atom stereocenters. The van der Waals surface area contributed by atoms with E-state index < -0.39 is 29.1 Å². The molecule has 2 aromatic rings. The molecule has 1 N–H and O–H groups in total. The lowest BCUT2D eigenvalue weighted by atomic mass is 9.66. The van der Waals surface area contributed by atoms with E-state index in [4.69, 9.17) is 4.74 Å². The van der Waals surface area contributed by atoms with Crippen LogP contribution in [-0.2, 0) is 32.2 Å². The third-order valence-electron chi connectivity index (χ3n) is 8.87. The number of aliphatic hydroxyl groups is 1. The van der Waals surface area contributed by atoms with Gasteiger partial charge in [0.2, 0.25) is 17.7 Å². The first-order valence-electron chi connectivity index (χ1n) is 14.3. The van der Waals surface area contributed by atoms with Crippen LogP contribution in [0, 0.1) is 11.8 Å². The Labute approximate surface area is 241 Å². The molecule has 3 heterocycles. The summed E-state index contributed by atoms with van der Waals surface area (Å²) in [6.45, 7) is 10.6. The summed E-state index contributed by atoms with van der Waals surface area (Å²) in [7, 11) is 0. The molecule has 2 aromatic carbocycles. The quantitative estimate of drug-likeness (QED) is 0.405. The third-order valence-corrected chi connectivity index (χ3v) is 8.87. The molecule has 1 spiro atoms. The van der Waals surface area contributed by atoms with Crippen molar-refractivity contribution in [1.82, 2.24) is 14.7 Å². The summed E-state index contributed by atoms with van der Waals surface area (Å²) in [6, 6.07) is 18.4. The standard InChI is InChI=1S/C33H39N3O5/c1-4-18-34(22-24-12-8-6-9-13-24)29(38)26-27-30(39)36(20-21-37)28(33(27)17-16-32(26,3)41-33)31(40)35(19-5-2)23-25-14-10-7-11-15-25/h4-15,26-28,37H,1-2,16-23H2,3H3/t26-,27-,28?,32+,33?/m0/s1. The van der Waals surface area contributed by atoms with Gasteiger partial charge in [-0.25, -0.2) is 0 Å². The Morgan fingerprint density at radius 1 is 0.951 bits per heavy atom. The minimum atomic E-state index is -1.15. The number of fused-ring (bicyclic) bond motifs is 1. The molecule has 3 aliphatic heterocycles. The average Bonchev–Trinajstić information content (AvgIpc) is 3.54. The maximum Gasteiger partial charge on any atom is 0.248 e. The predicted molar refractivity (Wildman–Crippen MR) is 155 cm³/mol. The number of aliphatic hydroxyl groups excluding tert-OH is 1. The Morgan fingerprint density at radius 2 is 1.49 bits per heavy atom. The van der Waals surface area contributed by atoms with Gasteiger partial charge >= 0.3 is 0 Å². The van der Waals surface area contributed by atoms with Gasteiger partial charge in [-0.3, -0.25) is 14.4 Å². The van der Waals surface area contributed by atoms with E-state index in [0.29, 0.717) is 32.5 Å². The number of carbonyl (C=O) groups is 3. The van der Waals surface area contributed by atoms with Gasteiger partial charge in [0.25, 0.3) is 0 Å². The van der Waals surface area contributed by atoms with Crippen LogP contribution in [0.25, 0.3) is 0 Å². The zero-order chi connectivity index (χ0) is 29.2. The molecule has 0 aliphatic carbocycles. The minimum absolute atomic E-state index is 0.0118. The summed E-state index contributed by atoms with van der Waals surface area (Å²) < 4.78 is 6.75. The second-order valence-corrected chi connectivity index (χ2v) is 11.5. The molecule has 216 valence electrons. The predicted octanol–water partition coefficient (Wildman–Crippen LogP) is 3.17. The third kappa shape index (κ3) is 5.00. The molecule has 3 aliphatic rings. The van der Waals surface area contributed by atoms with Crippen LogP contribution in [0.4, 0.5) is 0 Å². The highest BCUT2D eigenvalue weighted by Gasteiger charge is 2.78. The monoisotopic (exact) mass is 557 g/mol. The maximum absolute atomic E-state index is 14.4. The highest BCUT2D eigenvalue weighted by atomic mass is 16.5. The topological polar surface area (TPSA) is 90.4 Å². The van der Waals surface area contributed by atoms with E-state index in [1.54, 1.807) is 22.0 Å². The Hall–Kier alpha value is -3.75. The molecule has 0 saturated carbocycles. The van der Waals surface area contributed by atoms with Gasteiger partial charge in [0.05, 0.1) is 24.0 Å². The Kier molecular flexibility index (Phi) is 8.16. The van der Waals surface area contributed by atoms with Crippen molar-refractivity contribution in [3.8, 4) is 0 Å². The smallest absolute Gasteiger partial charge is 0.248 e. The lowest BCUT2D eigenvalue weighted by Gasteiger charge is -2.37. The summed E-state index contributed by atoms with van der Waals surface area (Å²) >= 11 is 0. The van der Waals surface area contributed by atoms with Crippen molar-refractivity contribution in [2.75, 3.05) is 26.2 Å². The van der Waals surface area contributed by atoms with Crippen LogP contribution in [0.5, 0.6) is 0 Å². The van der Waals surface area contributed by atoms with Crippen molar-refractivity contribution in [1.29, 1.82) is 0 Å². The SMILES string of the molecule is C=CCN(Cc1ccccc1)C(=O)C1N(CCO)C(=O)[C@@H]2[C@@H](C(=O)N(CC=C)Cc3ccccc3)[C@@]3(C)CCC12O3. The number of hydrogen-bond donors (Lipinski definition) is 1. The van der Waals surface area contributed by atoms with Crippen LogP contribution < -0.4 is 0 Å². The molecule has 0 radical (unpaired) electrons. The van der Waals surface area contributed by atoms with Crippen molar-refractivity contribution in [2.45, 2.75) is 50.1 Å². The molecule has 0 aromatic heterocycles. The van der Waals surface area contributed by atoms with Gasteiger partial charge in [0, 0.05) is 32.7 Å². The molecule has 5 rings (SSSR count). The highest BCUT2D eigenvalue weighted by Crippen LogP contribution is 2.63. The minimum Gasteiger partial charge on any atom is -0.395 e. The van der Waals surface area contributed by atoms with E-state index in [0.717, 1.165) is 11.1 Å². The summed E-state index contributed by atoms with van der Waals surface area (Å²) in [5, 5.41) is 9.94. The van der Waals surface area contributed by atoms with Crippen molar-refractivity contribution in [3.05, 3.63) is 97.1 Å². The largest absolute Gasteiger partial charge is 0.395 e. The summed E-state index contributed by atoms with van der Waals surface area (Å²) in [4.78, 5) is 47.7. The fraction of sp³-hybridized carbons (Fsp3) is 0.424. The number of benzene rings is 2.